The lowest BCUT2D eigenvalue weighted by molar-refractivity contribution is -0.385. The molecule has 1 aliphatic rings. The number of nitrogens with two attached hydrogens (primary N) is 1. The Morgan fingerprint density at radius 3 is 2.59 bits per heavy atom. The third-order valence-electron chi connectivity index (χ3n) is 4.19. The molecule has 3 N–H and O–H groups in total. The minimum Gasteiger partial charge on any atom is -0.368 e. The molecule has 2 aromatic rings. The van der Waals surface area contributed by atoms with Crippen LogP contribution in [0.5, 0.6) is 0 Å². The van der Waals surface area contributed by atoms with E-state index in [2.05, 4.69) is 10.4 Å². The van der Waals surface area contributed by atoms with Gasteiger partial charge in [0.05, 0.1) is 10.6 Å². The van der Waals surface area contributed by atoms with Gasteiger partial charge in [-0.25, -0.2) is 0 Å². The standard InChI is InChI=1S/C18H17N5O4/c1-11-7-8-12(9-15(11)23(26)27)20-18(25)14-10-16(17(19)24)22(21-14)13-5-3-2-4-6-13/h2-9,16H,10H2,1H3,(H2,19,24)(H,20,25). The second-order valence-electron chi connectivity index (χ2n) is 6.06. The smallest absolute Gasteiger partial charge is 0.274 e. The first-order chi connectivity index (χ1) is 12.9. The number of hydrazone groups is 1. The van der Waals surface area contributed by atoms with E-state index in [1.807, 2.05) is 6.07 Å². The maximum absolute atomic E-state index is 12.5. The van der Waals surface area contributed by atoms with Gasteiger partial charge >= 0.3 is 0 Å². The second-order valence-corrected chi connectivity index (χ2v) is 6.06. The average molecular weight is 367 g/mol. The molecule has 0 aromatic heterocycles. The van der Waals surface area contributed by atoms with Crippen LogP contribution in [0.1, 0.15) is 12.0 Å². The van der Waals surface area contributed by atoms with Crippen molar-refractivity contribution in [2.24, 2.45) is 10.8 Å². The van der Waals surface area contributed by atoms with Gasteiger partial charge in [0.2, 0.25) is 5.91 Å². The zero-order valence-corrected chi connectivity index (χ0v) is 14.5. The molecule has 1 aliphatic heterocycles. The number of nitro benzene ring substituents is 1. The first kappa shape index (κ1) is 18.1. The summed E-state index contributed by atoms with van der Waals surface area (Å²) >= 11 is 0. The lowest BCUT2D eigenvalue weighted by Crippen LogP contribution is -2.39. The van der Waals surface area contributed by atoms with Crippen molar-refractivity contribution in [1.82, 2.24) is 0 Å². The zero-order chi connectivity index (χ0) is 19.6. The van der Waals surface area contributed by atoms with Crippen molar-refractivity contribution < 1.29 is 14.5 Å². The van der Waals surface area contributed by atoms with E-state index in [0.717, 1.165) is 0 Å². The van der Waals surface area contributed by atoms with Crippen LogP contribution in [0.4, 0.5) is 17.1 Å². The Bertz CT molecular complexity index is 942. The molecule has 1 unspecified atom stereocenters. The summed E-state index contributed by atoms with van der Waals surface area (Å²) in [5, 5.41) is 19.3. The molecule has 9 nitrogen and oxygen atoms in total. The molecule has 0 saturated heterocycles. The van der Waals surface area contributed by atoms with E-state index >= 15 is 0 Å². The molecule has 2 aromatic carbocycles. The zero-order valence-electron chi connectivity index (χ0n) is 14.5. The number of primary amides is 1. The fourth-order valence-corrected chi connectivity index (χ4v) is 2.77. The Labute approximate surface area is 154 Å². The van der Waals surface area contributed by atoms with Crippen LogP contribution in [-0.4, -0.2) is 28.5 Å². The van der Waals surface area contributed by atoms with Crippen molar-refractivity contribution in [2.75, 3.05) is 10.3 Å². The summed E-state index contributed by atoms with van der Waals surface area (Å²) in [4.78, 5) is 34.8. The number of nitrogens with one attached hydrogen (secondary N) is 1. The number of amides is 2. The van der Waals surface area contributed by atoms with Crippen molar-refractivity contribution in [1.29, 1.82) is 0 Å². The topological polar surface area (TPSA) is 131 Å². The van der Waals surface area contributed by atoms with E-state index in [1.165, 1.54) is 11.1 Å². The van der Waals surface area contributed by atoms with Gasteiger partial charge in [-0.05, 0) is 25.1 Å². The highest BCUT2D eigenvalue weighted by Crippen LogP contribution is 2.26. The summed E-state index contributed by atoms with van der Waals surface area (Å²) in [5.41, 5.74) is 6.86. The van der Waals surface area contributed by atoms with Crippen LogP contribution in [0.2, 0.25) is 0 Å². The molecule has 0 fully saturated rings. The highest BCUT2D eigenvalue weighted by atomic mass is 16.6. The summed E-state index contributed by atoms with van der Waals surface area (Å²) in [6, 6.07) is 12.5. The summed E-state index contributed by atoms with van der Waals surface area (Å²) in [6.07, 6.45) is 0.0457. The van der Waals surface area contributed by atoms with Gasteiger partial charge in [0.15, 0.2) is 0 Å². The van der Waals surface area contributed by atoms with Gasteiger partial charge in [-0.3, -0.25) is 24.7 Å². The molecule has 0 aliphatic carbocycles. The molecule has 0 bridgehead atoms. The summed E-state index contributed by atoms with van der Waals surface area (Å²) in [6.45, 7) is 1.61. The Morgan fingerprint density at radius 1 is 1.26 bits per heavy atom. The number of para-hydroxylation sites is 1. The molecule has 2 amide bonds. The fraction of sp³-hybridized carbons (Fsp3) is 0.167. The quantitative estimate of drug-likeness (QED) is 0.616. The SMILES string of the molecule is Cc1ccc(NC(=O)C2=NN(c3ccccc3)C(C(N)=O)C2)cc1[N+](=O)[O-]. The van der Waals surface area contributed by atoms with Crippen LogP contribution >= 0.6 is 0 Å². The van der Waals surface area contributed by atoms with Gasteiger partial charge in [0.25, 0.3) is 11.6 Å². The number of nitro groups is 1. The monoisotopic (exact) mass is 367 g/mol. The van der Waals surface area contributed by atoms with E-state index in [0.29, 0.717) is 11.3 Å². The predicted molar refractivity (Wildman–Crippen MR) is 100 cm³/mol. The fourth-order valence-electron chi connectivity index (χ4n) is 2.77. The first-order valence-corrected chi connectivity index (χ1v) is 8.14. The van der Waals surface area contributed by atoms with Gasteiger partial charge in [0.1, 0.15) is 11.8 Å². The third-order valence-corrected chi connectivity index (χ3v) is 4.19. The highest BCUT2D eigenvalue weighted by molar-refractivity contribution is 6.44. The molecule has 9 heteroatoms. The minimum atomic E-state index is -0.777. The van der Waals surface area contributed by atoms with Crippen LogP contribution in [0, 0.1) is 17.0 Å². The number of aryl methyl sites for hydroxylation is 1. The maximum atomic E-state index is 12.5. The molecule has 1 atom stereocenters. The molecule has 0 saturated carbocycles. The van der Waals surface area contributed by atoms with E-state index < -0.39 is 22.8 Å². The Balaban J connectivity index is 1.83. The molecular weight excluding hydrogens is 350 g/mol. The lowest BCUT2D eigenvalue weighted by Gasteiger charge is -2.20. The van der Waals surface area contributed by atoms with Gasteiger partial charge in [-0.1, -0.05) is 24.3 Å². The molecule has 27 heavy (non-hydrogen) atoms. The second kappa shape index (κ2) is 7.24. The molecule has 3 rings (SSSR count). The molecular formula is C18H17N5O4. The maximum Gasteiger partial charge on any atom is 0.274 e. The predicted octanol–water partition coefficient (Wildman–Crippen LogP) is 1.96. The number of benzene rings is 2. The number of carbonyl (C=O) groups is 2. The molecule has 0 spiro atoms. The van der Waals surface area contributed by atoms with Crippen molar-refractivity contribution in [3.63, 3.8) is 0 Å². The number of carbonyl (C=O) groups excluding carboxylic acids is 2. The van der Waals surface area contributed by atoms with Crippen molar-refractivity contribution in [3.8, 4) is 0 Å². The average Bonchev–Trinajstić information content (AvgIpc) is 3.10. The largest absolute Gasteiger partial charge is 0.368 e. The van der Waals surface area contributed by atoms with Crippen molar-refractivity contribution >= 4 is 34.6 Å². The van der Waals surface area contributed by atoms with E-state index in [9.17, 15) is 19.7 Å². The van der Waals surface area contributed by atoms with Gasteiger partial charge < -0.3 is 11.1 Å². The molecule has 1 heterocycles. The van der Waals surface area contributed by atoms with Crippen LogP contribution < -0.4 is 16.1 Å². The number of anilines is 2. The van der Waals surface area contributed by atoms with Gasteiger partial charge in [-0.15, -0.1) is 0 Å². The molecule has 0 radical (unpaired) electrons. The summed E-state index contributed by atoms with van der Waals surface area (Å²) < 4.78 is 0. The Kier molecular flexibility index (Phi) is 4.84. The number of nitrogens with zero attached hydrogens (tertiary/aromatic N) is 3. The van der Waals surface area contributed by atoms with Crippen LogP contribution in [0.25, 0.3) is 0 Å². The Morgan fingerprint density at radius 2 is 1.96 bits per heavy atom. The minimum absolute atomic E-state index is 0.0457. The summed E-state index contributed by atoms with van der Waals surface area (Å²) in [7, 11) is 0. The number of hydrogen-bond acceptors (Lipinski definition) is 6. The van der Waals surface area contributed by atoms with Crippen LogP contribution in [-0.2, 0) is 9.59 Å². The third kappa shape index (κ3) is 3.76. The van der Waals surface area contributed by atoms with Gasteiger partial charge in [0, 0.05) is 23.7 Å². The lowest BCUT2D eigenvalue weighted by atomic mass is 10.1. The number of rotatable bonds is 5. The van der Waals surface area contributed by atoms with Crippen LogP contribution in [0.15, 0.2) is 53.6 Å². The first-order valence-electron chi connectivity index (χ1n) is 8.14. The van der Waals surface area contributed by atoms with E-state index in [4.69, 9.17) is 5.73 Å². The van der Waals surface area contributed by atoms with Crippen molar-refractivity contribution in [2.45, 2.75) is 19.4 Å². The number of hydrogen-bond donors (Lipinski definition) is 2. The van der Waals surface area contributed by atoms with Crippen molar-refractivity contribution in [3.05, 3.63) is 64.2 Å². The molecule has 138 valence electrons. The van der Waals surface area contributed by atoms with E-state index in [1.54, 1.807) is 43.3 Å². The summed E-state index contributed by atoms with van der Waals surface area (Å²) in [5.74, 6) is -1.14. The van der Waals surface area contributed by atoms with Gasteiger partial charge in [-0.2, -0.15) is 5.10 Å². The normalized spacial score (nSPS) is 16.0. The van der Waals surface area contributed by atoms with Crippen LogP contribution in [0.3, 0.4) is 0 Å². The Hall–Kier alpha value is -3.75. The highest BCUT2D eigenvalue weighted by Gasteiger charge is 2.35. The van der Waals surface area contributed by atoms with E-state index in [-0.39, 0.29) is 23.5 Å².